The number of nitrogens with one attached hydrogen (secondary N) is 1. The average molecular weight is 490 g/mol. The molecular weight excluding hydrogens is 459 g/mol. The number of hydrogen-bond acceptors (Lipinski definition) is 5. The van der Waals surface area contributed by atoms with E-state index >= 15 is 0 Å². The summed E-state index contributed by atoms with van der Waals surface area (Å²) in [4.78, 5) is 23.6. The minimum atomic E-state index is -4.48. The van der Waals surface area contributed by atoms with Gasteiger partial charge in [0.25, 0.3) is 5.91 Å². The third-order valence-corrected chi connectivity index (χ3v) is 6.08. The summed E-state index contributed by atoms with van der Waals surface area (Å²) in [6.07, 6.45) is -0.641. The van der Waals surface area contributed by atoms with Gasteiger partial charge in [0.15, 0.2) is 0 Å². The number of aromatic nitrogens is 3. The second kappa shape index (κ2) is 10.7. The van der Waals surface area contributed by atoms with Gasteiger partial charge >= 0.3 is 6.18 Å². The van der Waals surface area contributed by atoms with Crippen molar-refractivity contribution in [2.75, 3.05) is 32.8 Å². The molecule has 1 saturated heterocycles. The summed E-state index contributed by atoms with van der Waals surface area (Å²) in [5.74, 6) is -0.133. The number of amides is 1. The van der Waals surface area contributed by atoms with Crippen LogP contribution in [0.5, 0.6) is 0 Å². The normalized spacial score (nSPS) is 16.1. The molecule has 1 unspecified atom stereocenters. The first-order valence-corrected chi connectivity index (χ1v) is 11.8. The maximum Gasteiger partial charge on any atom is 0.433 e. The first kappa shape index (κ1) is 25.1. The molecule has 0 aromatic carbocycles. The molecule has 1 N–H and O–H groups in total. The van der Waals surface area contributed by atoms with Crippen molar-refractivity contribution in [3.05, 3.63) is 65.4 Å². The fourth-order valence-corrected chi connectivity index (χ4v) is 4.34. The predicted octanol–water partition coefficient (Wildman–Crippen LogP) is 4.14. The van der Waals surface area contributed by atoms with Crippen LogP contribution in [0.25, 0.3) is 5.65 Å². The minimum absolute atomic E-state index is 0.160. The van der Waals surface area contributed by atoms with Crippen molar-refractivity contribution in [2.45, 2.75) is 38.9 Å². The molecule has 0 spiro atoms. The lowest BCUT2D eigenvalue weighted by molar-refractivity contribution is -0.141. The second-order valence-corrected chi connectivity index (χ2v) is 9.27. The van der Waals surface area contributed by atoms with Crippen LogP contribution in [0.15, 0.2) is 42.7 Å². The van der Waals surface area contributed by atoms with Crippen LogP contribution in [-0.2, 0) is 17.5 Å². The quantitative estimate of drug-likeness (QED) is 0.515. The lowest BCUT2D eigenvalue weighted by atomic mass is 9.91. The number of rotatable bonds is 8. The molecular formula is C25H30F3N5O2. The molecule has 4 heterocycles. The highest BCUT2D eigenvalue weighted by atomic mass is 19.4. The van der Waals surface area contributed by atoms with Crippen LogP contribution < -0.4 is 5.32 Å². The Morgan fingerprint density at radius 1 is 1.17 bits per heavy atom. The fourth-order valence-electron chi connectivity index (χ4n) is 4.34. The molecule has 3 aromatic rings. The standard InChI is InChI=1S/C25H30F3N5O2/c1-17(2)12-19(18-6-7-22(29-13-18)25(26,27)28)14-30-24(34)21-4-3-5-23-31-20(16-33(21)23)15-32-8-10-35-11-9-32/h3-7,13,16-17,19H,8-12,14-15H2,1-2H3,(H,30,34). The summed E-state index contributed by atoms with van der Waals surface area (Å²) in [6, 6.07) is 7.83. The van der Waals surface area contributed by atoms with Gasteiger partial charge in [-0.1, -0.05) is 26.0 Å². The molecule has 1 atom stereocenters. The smallest absolute Gasteiger partial charge is 0.379 e. The highest BCUT2D eigenvalue weighted by Gasteiger charge is 2.32. The maximum atomic E-state index is 13.1. The molecule has 10 heteroatoms. The van der Waals surface area contributed by atoms with Gasteiger partial charge in [-0.2, -0.15) is 13.2 Å². The highest BCUT2D eigenvalue weighted by Crippen LogP contribution is 2.29. The Morgan fingerprint density at radius 3 is 2.60 bits per heavy atom. The largest absolute Gasteiger partial charge is 0.433 e. The van der Waals surface area contributed by atoms with E-state index in [9.17, 15) is 18.0 Å². The van der Waals surface area contributed by atoms with Crippen molar-refractivity contribution in [3.63, 3.8) is 0 Å². The van der Waals surface area contributed by atoms with E-state index in [1.54, 1.807) is 16.5 Å². The molecule has 188 valence electrons. The van der Waals surface area contributed by atoms with Crippen LogP contribution in [-0.4, -0.2) is 58.0 Å². The van der Waals surface area contributed by atoms with Crippen molar-refractivity contribution in [2.24, 2.45) is 5.92 Å². The number of carbonyl (C=O) groups excluding carboxylic acids is 1. The Balaban J connectivity index is 1.47. The summed E-state index contributed by atoms with van der Waals surface area (Å²) in [7, 11) is 0. The third-order valence-electron chi connectivity index (χ3n) is 6.08. The monoisotopic (exact) mass is 489 g/mol. The van der Waals surface area contributed by atoms with Crippen LogP contribution in [0.4, 0.5) is 13.2 Å². The Bertz CT molecular complexity index is 1140. The molecule has 1 aliphatic heterocycles. The predicted molar refractivity (Wildman–Crippen MR) is 125 cm³/mol. The van der Waals surface area contributed by atoms with Gasteiger partial charge in [0.05, 0.1) is 18.9 Å². The van der Waals surface area contributed by atoms with E-state index in [2.05, 4.69) is 20.2 Å². The maximum absolute atomic E-state index is 13.1. The summed E-state index contributed by atoms with van der Waals surface area (Å²) in [6.45, 7) is 8.14. The molecule has 35 heavy (non-hydrogen) atoms. The number of imidazole rings is 1. The Labute approximate surface area is 202 Å². The number of nitrogens with zero attached hydrogens (tertiary/aromatic N) is 4. The number of ether oxygens (including phenoxy) is 1. The molecule has 0 radical (unpaired) electrons. The molecule has 1 aliphatic rings. The van der Waals surface area contributed by atoms with Crippen LogP contribution >= 0.6 is 0 Å². The molecule has 3 aromatic heterocycles. The van der Waals surface area contributed by atoms with E-state index in [0.717, 1.165) is 24.8 Å². The van der Waals surface area contributed by atoms with Gasteiger partial charge in [-0.15, -0.1) is 0 Å². The number of morpholine rings is 1. The van der Waals surface area contributed by atoms with Gasteiger partial charge < -0.3 is 10.1 Å². The average Bonchev–Trinajstić information content (AvgIpc) is 3.24. The van der Waals surface area contributed by atoms with Crippen LogP contribution in [0.2, 0.25) is 0 Å². The van der Waals surface area contributed by atoms with Crippen LogP contribution in [0, 0.1) is 5.92 Å². The number of fused-ring (bicyclic) bond motifs is 1. The van der Waals surface area contributed by atoms with Gasteiger partial charge in [0.2, 0.25) is 0 Å². The van der Waals surface area contributed by atoms with Crippen molar-refractivity contribution < 1.29 is 22.7 Å². The number of alkyl halides is 3. The van der Waals surface area contributed by atoms with Gasteiger partial charge in [-0.25, -0.2) is 4.98 Å². The van der Waals surface area contributed by atoms with E-state index in [4.69, 9.17) is 4.74 Å². The van der Waals surface area contributed by atoms with E-state index in [0.29, 0.717) is 49.0 Å². The zero-order valence-corrected chi connectivity index (χ0v) is 19.9. The molecule has 0 aliphatic carbocycles. The SMILES string of the molecule is CC(C)CC(CNC(=O)c1cccc2nc(CN3CCOCC3)cn12)c1ccc(C(F)(F)F)nc1. The molecule has 7 nitrogen and oxygen atoms in total. The number of halogens is 3. The van der Waals surface area contributed by atoms with Crippen molar-refractivity contribution in [1.82, 2.24) is 24.6 Å². The van der Waals surface area contributed by atoms with E-state index in [-0.39, 0.29) is 18.4 Å². The minimum Gasteiger partial charge on any atom is -0.379 e. The van der Waals surface area contributed by atoms with E-state index in [1.165, 1.54) is 12.3 Å². The molecule has 0 saturated carbocycles. The van der Waals surface area contributed by atoms with Crippen LogP contribution in [0.3, 0.4) is 0 Å². The molecule has 4 rings (SSSR count). The first-order chi connectivity index (χ1) is 16.7. The Kier molecular flexibility index (Phi) is 7.71. The summed E-state index contributed by atoms with van der Waals surface area (Å²) in [5.41, 5.74) is 1.76. The lowest BCUT2D eigenvalue weighted by Crippen LogP contribution is -2.35. The van der Waals surface area contributed by atoms with Crippen LogP contribution in [0.1, 0.15) is 53.6 Å². The molecule has 0 bridgehead atoms. The number of hydrogen-bond donors (Lipinski definition) is 1. The topological polar surface area (TPSA) is 71.8 Å². The Hall–Kier alpha value is -2.98. The number of carbonyl (C=O) groups is 1. The first-order valence-electron chi connectivity index (χ1n) is 11.8. The van der Waals surface area contributed by atoms with Gasteiger partial charge in [-0.3, -0.25) is 19.1 Å². The van der Waals surface area contributed by atoms with Gasteiger partial charge in [0.1, 0.15) is 17.0 Å². The van der Waals surface area contributed by atoms with Crippen molar-refractivity contribution in [1.29, 1.82) is 0 Å². The second-order valence-electron chi connectivity index (χ2n) is 9.27. The van der Waals surface area contributed by atoms with Gasteiger partial charge in [-0.05, 0) is 36.1 Å². The fraction of sp³-hybridized carbons (Fsp3) is 0.480. The van der Waals surface area contributed by atoms with Crippen molar-refractivity contribution in [3.8, 4) is 0 Å². The van der Waals surface area contributed by atoms with E-state index in [1.807, 2.05) is 26.1 Å². The molecule has 1 fully saturated rings. The third kappa shape index (κ3) is 6.37. The summed E-state index contributed by atoms with van der Waals surface area (Å²) < 4.78 is 45.9. The van der Waals surface area contributed by atoms with Crippen molar-refractivity contribution >= 4 is 11.6 Å². The zero-order chi connectivity index (χ0) is 25.0. The highest BCUT2D eigenvalue weighted by molar-refractivity contribution is 5.93. The number of pyridine rings is 2. The summed E-state index contributed by atoms with van der Waals surface area (Å²) in [5, 5.41) is 2.97. The van der Waals surface area contributed by atoms with E-state index < -0.39 is 11.9 Å². The van der Waals surface area contributed by atoms with Gasteiger partial charge in [0, 0.05) is 44.5 Å². The molecule has 1 amide bonds. The lowest BCUT2D eigenvalue weighted by Gasteiger charge is -2.25. The summed E-state index contributed by atoms with van der Waals surface area (Å²) >= 11 is 0. The Morgan fingerprint density at radius 2 is 1.94 bits per heavy atom. The zero-order valence-electron chi connectivity index (χ0n) is 19.9.